The summed E-state index contributed by atoms with van der Waals surface area (Å²) in [5.41, 5.74) is 11.7. The maximum absolute atomic E-state index is 13.3. The predicted molar refractivity (Wildman–Crippen MR) is 138 cm³/mol. The number of carbonyl (C=O) groups is 6. The monoisotopic (exact) mass is 522 g/mol. The van der Waals surface area contributed by atoms with Gasteiger partial charge in [-0.25, -0.2) is 0 Å². The van der Waals surface area contributed by atoms with E-state index < -0.39 is 35.5 Å². The summed E-state index contributed by atoms with van der Waals surface area (Å²) in [4.78, 5) is 74.4. The highest BCUT2D eigenvalue weighted by molar-refractivity contribution is 6.29. The Bertz CT molecular complexity index is 1210. The van der Waals surface area contributed by atoms with Crippen molar-refractivity contribution in [3.05, 3.63) is 69.8 Å². The van der Waals surface area contributed by atoms with Crippen LogP contribution in [-0.4, -0.2) is 73.5 Å². The van der Waals surface area contributed by atoms with Gasteiger partial charge in [0.2, 0.25) is 11.8 Å². The molecule has 12 nitrogen and oxygen atoms in total. The normalized spacial score (nSPS) is 13.5. The average Bonchev–Trinajstić information content (AvgIpc) is 2.90. The van der Waals surface area contributed by atoms with Gasteiger partial charge in [0.05, 0.1) is 12.1 Å². The number of carbonyl (C=O) groups excluding carboxylic acids is 6. The molecule has 2 aromatic carbocycles. The molecule has 2 aromatic rings. The Kier molecular flexibility index (Phi) is 9.05. The number of hydrogen-bond acceptors (Lipinski definition) is 8. The van der Waals surface area contributed by atoms with Gasteiger partial charge in [-0.3, -0.25) is 28.8 Å². The van der Waals surface area contributed by atoms with E-state index in [0.29, 0.717) is 0 Å². The number of rotatable bonds is 10. The zero-order valence-electron chi connectivity index (χ0n) is 21.1. The Morgan fingerprint density at radius 1 is 0.605 bits per heavy atom. The second-order valence-corrected chi connectivity index (χ2v) is 8.85. The lowest BCUT2D eigenvalue weighted by molar-refractivity contribution is -0.122. The lowest BCUT2D eigenvalue weighted by Crippen LogP contribution is -2.42. The molecule has 0 aromatic heterocycles. The van der Waals surface area contributed by atoms with Gasteiger partial charge in [0, 0.05) is 59.6 Å². The summed E-state index contributed by atoms with van der Waals surface area (Å²) < 4.78 is 0. The summed E-state index contributed by atoms with van der Waals surface area (Å²) in [6.45, 7) is 3.70. The Labute approximate surface area is 218 Å². The number of ketones is 2. The molecule has 0 spiro atoms. The maximum Gasteiger partial charge on any atom is 0.251 e. The van der Waals surface area contributed by atoms with Gasteiger partial charge < -0.3 is 32.7 Å². The molecule has 1 aliphatic rings. The molecule has 0 saturated carbocycles. The van der Waals surface area contributed by atoms with Crippen LogP contribution in [0.4, 0.5) is 0 Å². The molecular formula is C26H30N6O6. The summed E-state index contributed by atoms with van der Waals surface area (Å²) in [7, 11) is 0. The third kappa shape index (κ3) is 6.47. The van der Waals surface area contributed by atoms with Gasteiger partial charge in [-0.1, -0.05) is 0 Å². The van der Waals surface area contributed by atoms with Crippen LogP contribution < -0.4 is 32.7 Å². The minimum absolute atomic E-state index is 0.0524. The van der Waals surface area contributed by atoms with Crippen LogP contribution in [0.25, 0.3) is 0 Å². The van der Waals surface area contributed by atoms with E-state index in [-0.39, 0.29) is 71.4 Å². The number of benzene rings is 2. The second kappa shape index (κ2) is 12.2. The van der Waals surface area contributed by atoms with Crippen LogP contribution in [0.1, 0.15) is 66.4 Å². The van der Waals surface area contributed by atoms with Gasteiger partial charge in [-0.2, -0.15) is 0 Å². The molecule has 0 saturated heterocycles. The van der Waals surface area contributed by atoms with Gasteiger partial charge in [0.15, 0.2) is 11.6 Å². The highest BCUT2D eigenvalue weighted by Crippen LogP contribution is 2.29. The van der Waals surface area contributed by atoms with Crippen LogP contribution in [-0.2, 0) is 9.59 Å². The summed E-state index contributed by atoms with van der Waals surface area (Å²) in [5, 5.41) is 10.4. The number of hydrogen-bond donors (Lipinski definition) is 6. The van der Waals surface area contributed by atoms with Crippen LogP contribution in [0, 0.1) is 0 Å². The van der Waals surface area contributed by atoms with Gasteiger partial charge in [0.25, 0.3) is 11.8 Å². The molecule has 0 fully saturated rings. The van der Waals surface area contributed by atoms with E-state index in [1.54, 1.807) is 13.8 Å². The van der Waals surface area contributed by atoms with E-state index >= 15 is 0 Å². The van der Waals surface area contributed by atoms with Crippen molar-refractivity contribution in [2.24, 2.45) is 11.5 Å². The quantitative estimate of drug-likeness (QED) is 0.179. The Hall–Kier alpha value is -4.42. The Morgan fingerprint density at radius 3 is 1.32 bits per heavy atom. The minimum Gasteiger partial charge on any atom is -0.353 e. The molecule has 0 aliphatic heterocycles. The van der Waals surface area contributed by atoms with Crippen LogP contribution in [0.5, 0.6) is 0 Å². The van der Waals surface area contributed by atoms with E-state index in [4.69, 9.17) is 11.5 Å². The molecule has 0 bridgehead atoms. The standard InChI is InChI=1S/C26H30N6O6/c1-13(27)23(35)29-7-9-31-25(37)15-3-5-17-19(11-15)22(34)20-12-16(4-6-18(20)21(17)33)26(38)32-10-8-30-24(36)14(2)28/h3-6,11-14H,7-10,27-28H2,1-2H3,(H,29,35)(H,30,36)(H,31,37)(H,32,38)/t13-,14-/m0/s1. The zero-order chi connectivity index (χ0) is 28.0. The molecule has 4 amide bonds. The highest BCUT2D eigenvalue weighted by Gasteiger charge is 2.31. The van der Waals surface area contributed by atoms with Crippen molar-refractivity contribution in [3.8, 4) is 0 Å². The third-order valence-corrected chi connectivity index (χ3v) is 5.79. The van der Waals surface area contributed by atoms with E-state index in [1.807, 2.05) is 0 Å². The topological polar surface area (TPSA) is 203 Å². The first kappa shape index (κ1) is 28.2. The molecule has 0 heterocycles. The number of nitrogens with one attached hydrogen (secondary N) is 4. The van der Waals surface area contributed by atoms with Crippen molar-refractivity contribution in [1.29, 1.82) is 0 Å². The molecule has 2 atom stereocenters. The third-order valence-electron chi connectivity index (χ3n) is 5.79. The Balaban J connectivity index is 1.69. The summed E-state index contributed by atoms with van der Waals surface area (Å²) in [5.74, 6) is -2.57. The smallest absolute Gasteiger partial charge is 0.251 e. The summed E-state index contributed by atoms with van der Waals surface area (Å²) >= 11 is 0. The molecule has 1 aliphatic carbocycles. The van der Waals surface area contributed by atoms with E-state index in [9.17, 15) is 28.8 Å². The molecular weight excluding hydrogens is 492 g/mol. The van der Waals surface area contributed by atoms with Crippen molar-refractivity contribution >= 4 is 35.2 Å². The molecule has 12 heteroatoms. The maximum atomic E-state index is 13.3. The van der Waals surface area contributed by atoms with Crippen molar-refractivity contribution < 1.29 is 28.8 Å². The van der Waals surface area contributed by atoms with Gasteiger partial charge in [-0.05, 0) is 50.2 Å². The lowest BCUT2D eigenvalue weighted by Gasteiger charge is -2.19. The van der Waals surface area contributed by atoms with Gasteiger partial charge >= 0.3 is 0 Å². The van der Waals surface area contributed by atoms with Crippen molar-refractivity contribution in [1.82, 2.24) is 21.3 Å². The van der Waals surface area contributed by atoms with Crippen LogP contribution in [0.15, 0.2) is 36.4 Å². The molecule has 0 radical (unpaired) electrons. The fourth-order valence-electron chi connectivity index (χ4n) is 3.68. The summed E-state index contributed by atoms with van der Waals surface area (Å²) in [6.07, 6.45) is 0. The van der Waals surface area contributed by atoms with Crippen LogP contribution in [0.3, 0.4) is 0 Å². The lowest BCUT2D eigenvalue weighted by atomic mass is 9.82. The van der Waals surface area contributed by atoms with Crippen LogP contribution in [0.2, 0.25) is 0 Å². The molecule has 3 rings (SSSR count). The molecule has 0 unspecified atom stereocenters. The molecule has 38 heavy (non-hydrogen) atoms. The van der Waals surface area contributed by atoms with E-state index in [0.717, 1.165) is 0 Å². The van der Waals surface area contributed by atoms with E-state index in [1.165, 1.54) is 36.4 Å². The predicted octanol–water partition coefficient (Wildman–Crippen LogP) is -1.15. The number of amides is 4. The molecule has 8 N–H and O–H groups in total. The number of nitrogens with two attached hydrogens (primary N) is 2. The average molecular weight is 523 g/mol. The second-order valence-electron chi connectivity index (χ2n) is 8.85. The number of fused-ring (bicyclic) bond motifs is 2. The summed E-state index contributed by atoms with van der Waals surface area (Å²) in [6, 6.07) is 7.05. The van der Waals surface area contributed by atoms with Gasteiger partial charge in [-0.15, -0.1) is 0 Å². The van der Waals surface area contributed by atoms with Crippen LogP contribution >= 0.6 is 0 Å². The van der Waals surface area contributed by atoms with Gasteiger partial charge in [0.1, 0.15) is 0 Å². The highest BCUT2D eigenvalue weighted by atomic mass is 16.2. The first-order valence-corrected chi connectivity index (χ1v) is 12.0. The zero-order valence-corrected chi connectivity index (χ0v) is 21.1. The fourth-order valence-corrected chi connectivity index (χ4v) is 3.68. The SMILES string of the molecule is C[C@H](N)C(=O)NCCNC(=O)c1ccc2c(c1)C(=O)c1cc(C(=O)NCCNC(=O)[C@H](C)N)ccc1C2=O. The fraction of sp³-hybridized carbons (Fsp3) is 0.308. The first-order valence-electron chi connectivity index (χ1n) is 12.0. The minimum atomic E-state index is -0.669. The van der Waals surface area contributed by atoms with Crippen molar-refractivity contribution in [3.63, 3.8) is 0 Å². The Morgan fingerprint density at radius 2 is 0.947 bits per heavy atom. The van der Waals surface area contributed by atoms with Crippen molar-refractivity contribution in [2.75, 3.05) is 26.2 Å². The van der Waals surface area contributed by atoms with Crippen molar-refractivity contribution in [2.45, 2.75) is 25.9 Å². The molecule has 200 valence electrons. The van der Waals surface area contributed by atoms with E-state index in [2.05, 4.69) is 21.3 Å². The largest absolute Gasteiger partial charge is 0.353 e. The first-order chi connectivity index (χ1) is 18.0.